The first kappa shape index (κ1) is 16.9. The molecule has 120 valence electrons. The van der Waals surface area contributed by atoms with Crippen molar-refractivity contribution < 1.29 is 4.74 Å². The summed E-state index contributed by atoms with van der Waals surface area (Å²) in [6, 6.07) is 0.510. The van der Waals surface area contributed by atoms with Crippen LogP contribution in [0.4, 0.5) is 0 Å². The summed E-state index contributed by atoms with van der Waals surface area (Å²) in [7, 11) is 0. The lowest BCUT2D eigenvalue weighted by Crippen LogP contribution is -2.43. The van der Waals surface area contributed by atoms with Gasteiger partial charge in [0.05, 0.1) is 16.8 Å². The van der Waals surface area contributed by atoms with Crippen LogP contribution in [0.2, 0.25) is 0 Å². The van der Waals surface area contributed by atoms with Gasteiger partial charge in [-0.3, -0.25) is 0 Å². The van der Waals surface area contributed by atoms with Crippen molar-refractivity contribution in [3.05, 3.63) is 16.1 Å². The zero-order chi connectivity index (χ0) is 15.7. The van der Waals surface area contributed by atoms with Crippen LogP contribution in [0, 0.1) is 5.41 Å². The molecule has 0 bridgehead atoms. The van der Waals surface area contributed by atoms with Gasteiger partial charge in [-0.2, -0.15) is 0 Å². The summed E-state index contributed by atoms with van der Waals surface area (Å²) in [6.07, 6.45) is 2.44. The zero-order valence-electron chi connectivity index (χ0n) is 14.3. The molecule has 0 aromatic carbocycles. The molecule has 21 heavy (non-hydrogen) atoms. The highest BCUT2D eigenvalue weighted by molar-refractivity contribution is 7.09. The Kier molecular flexibility index (Phi) is 5.11. The molecule has 0 radical (unpaired) electrons. The molecular weight excluding hydrogens is 280 g/mol. The SMILES string of the molecule is CC(C)NCC1(Cc2nc(C(C)(C)C)cs2)CCOC1C. The quantitative estimate of drug-likeness (QED) is 0.899. The molecule has 1 saturated heterocycles. The maximum atomic E-state index is 5.88. The average molecular weight is 311 g/mol. The van der Waals surface area contributed by atoms with Gasteiger partial charge in [0.25, 0.3) is 0 Å². The van der Waals surface area contributed by atoms with Crippen LogP contribution in [0.25, 0.3) is 0 Å². The Morgan fingerprint density at radius 3 is 2.67 bits per heavy atom. The number of nitrogens with one attached hydrogen (secondary N) is 1. The summed E-state index contributed by atoms with van der Waals surface area (Å²) in [5, 5.41) is 7.09. The standard InChI is InChI=1S/C17H30N2OS/c1-12(2)18-11-17(7-8-20-13(17)3)9-15-19-14(10-21-15)16(4,5)6/h10,12-13,18H,7-9,11H2,1-6H3. The predicted molar refractivity (Wildman–Crippen MR) is 90.1 cm³/mol. The van der Waals surface area contributed by atoms with Crippen LogP contribution in [0.1, 0.15) is 58.7 Å². The van der Waals surface area contributed by atoms with Gasteiger partial charge in [-0.05, 0) is 13.3 Å². The average Bonchev–Trinajstić information content (AvgIpc) is 2.96. The van der Waals surface area contributed by atoms with Crippen LogP contribution in [0.15, 0.2) is 5.38 Å². The van der Waals surface area contributed by atoms with Crippen LogP contribution in [-0.2, 0) is 16.6 Å². The van der Waals surface area contributed by atoms with E-state index in [1.165, 1.54) is 10.7 Å². The van der Waals surface area contributed by atoms with Gasteiger partial charge >= 0.3 is 0 Å². The van der Waals surface area contributed by atoms with Gasteiger partial charge in [0.15, 0.2) is 0 Å². The molecular formula is C17H30N2OS. The summed E-state index contributed by atoms with van der Waals surface area (Å²) in [4.78, 5) is 4.89. The summed E-state index contributed by atoms with van der Waals surface area (Å²) >= 11 is 1.80. The van der Waals surface area contributed by atoms with E-state index in [4.69, 9.17) is 9.72 Å². The number of ether oxygens (including phenoxy) is 1. The summed E-state index contributed by atoms with van der Waals surface area (Å²) in [5.41, 5.74) is 1.54. The molecule has 1 fully saturated rings. The Morgan fingerprint density at radius 1 is 1.48 bits per heavy atom. The minimum absolute atomic E-state index is 0.135. The second kappa shape index (κ2) is 6.35. The van der Waals surface area contributed by atoms with Crippen molar-refractivity contribution in [3.8, 4) is 0 Å². The van der Waals surface area contributed by atoms with Crippen LogP contribution >= 0.6 is 11.3 Å². The van der Waals surface area contributed by atoms with Gasteiger partial charge in [0, 0.05) is 41.8 Å². The van der Waals surface area contributed by atoms with Crippen molar-refractivity contribution in [1.82, 2.24) is 10.3 Å². The van der Waals surface area contributed by atoms with Crippen molar-refractivity contribution in [3.63, 3.8) is 0 Å². The van der Waals surface area contributed by atoms with Gasteiger partial charge in [-0.25, -0.2) is 4.98 Å². The fourth-order valence-corrected chi connectivity index (χ4v) is 3.97. The molecule has 0 spiro atoms. The molecule has 2 atom stereocenters. The molecule has 0 saturated carbocycles. The molecule has 2 heterocycles. The van der Waals surface area contributed by atoms with Crippen molar-refractivity contribution in [2.24, 2.45) is 5.41 Å². The van der Waals surface area contributed by atoms with Crippen molar-refractivity contribution in [2.45, 2.75) is 71.9 Å². The maximum absolute atomic E-state index is 5.88. The molecule has 1 N–H and O–H groups in total. The normalized spacial score (nSPS) is 26.7. The lowest BCUT2D eigenvalue weighted by molar-refractivity contribution is 0.0620. The Morgan fingerprint density at radius 2 is 2.19 bits per heavy atom. The first-order valence-electron chi connectivity index (χ1n) is 8.03. The van der Waals surface area contributed by atoms with E-state index in [-0.39, 0.29) is 10.8 Å². The van der Waals surface area contributed by atoms with E-state index in [0.29, 0.717) is 12.1 Å². The van der Waals surface area contributed by atoms with Crippen molar-refractivity contribution >= 4 is 11.3 Å². The highest BCUT2D eigenvalue weighted by Crippen LogP contribution is 2.39. The largest absolute Gasteiger partial charge is 0.378 e. The summed E-state index contributed by atoms with van der Waals surface area (Å²) in [6.45, 7) is 15.2. The highest BCUT2D eigenvalue weighted by atomic mass is 32.1. The lowest BCUT2D eigenvalue weighted by Gasteiger charge is -2.32. The second-order valence-electron chi connectivity index (χ2n) is 7.71. The third-order valence-corrected chi connectivity index (χ3v) is 5.36. The number of thiazole rings is 1. The van der Waals surface area contributed by atoms with E-state index >= 15 is 0 Å². The zero-order valence-corrected chi connectivity index (χ0v) is 15.1. The smallest absolute Gasteiger partial charge is 0.0935 e. The topological polar surface area (TPSA) is 34.2 Å². The van der Waals surface area contributed by atoms with Crippen LogP contribution < -0.4 is 5.32 Å². The number of hydrogen-bond acceptors (Lipinski definition) is 4. The third-order valence-electron chi connectivity index (χ3n) is 4.52. The van der Waals surface area contributed by atoms with E-state index in [1.807, 2.05) is 0 Å². The maximum Gasteiger partial charge on any atom is 0.0935 e. The van der Waals surface area contributed by atoms with E-state index in [2.05, 4.69) is 52.2 Å². The van der Waals surface area contributed by atoms with Gasteiger partial charge < -0.3 is 10.1 Å². The van der Waals surface area contributed by atoms with Crippen LogP contribution in [0.3, 0.4) is 0 Å². The minimum atomic E-state index is 0.135. The molecule has 1 aliphatic heterocycles. The summed E-state index contributed by atoms with van der Waals surface area (Å²) < 4.78 is 5.88. The molecule has 0 aliphatic carbocycles. The van der Waals surface area contributed by atoms with Gasteiger partial charge in [-0.15, -0.1) is 11.3 Å². The van der Waals surface area contributed by atoms with E-state index in [0.717, 1.165) is 26.0 Å². The van der Waals surface area contributed by atoms with Gasteiger partial charge in [-0.1, -0.05) is 34.6 Å². The fraction of sp³-hybridized carbons (Fsp3) is 0.824. The van der Waals surface area contributed by atoms with Crippen molar-refractivity contribution in [2.75, 3.05) is 13.2 Å². The molecule has 4 heteroatoms. The van der Waals surface area contributed by atoms with E-state index in [1.54, 1.807) is 11.3 Å². The molecule has 0 amide bonds. The van der Waals surface area contributed by atoms with E-state index < -0.39 is 0 Å². The molecule has 1 aromatic rings. The first-order valence-corrected chi connectivity index (χ1v) is 8.91. The number of rotatable bonds is 5. The summed E-state index contributed by atoms with van der Waals surface area (Å²) in [5.74, 6) is 0. The number of nitrogens with zero attached hydrogens (tertiary/aromatic N) is 1. The van der Waals surface area contributed by atoms with Gasteiger partial charge in [0.2, 0.25) is 0 Å². The minimum Gasteiger partial charge on any atom is -0.378 e. The number of hydrogen-bond donors (Lipinski definition) is 1. The lowest BCUT2D eigenvalue weighted by atomic mass is 9.78. The van der Waals surface area contributed by atoms with E-state index in [9.17, 15) is 0 Å². The molecule has 2 rings (SSSR count). The van der Waals surface area contributed by atoms with Crippen LogP contribution in [0.5, 0.6) is 0 Å². The highest BCUT2D eigenvalue weighted by Gasteiger charge is 2.42. The predicted octanol–water partition coefficient (Wildman–Crippen LogP) is 3.78. The molecule has 1 aliphatic rings. The molecule has 2 unspecified atom stereocenters. The van der Waals surface area contributed by atoms with Crippen molar-refractivity contribution in [1.29, 1.82) is 0 Å². The fourth-order valence-electron chi connectivity index (χ4n) is 2.79. The molecule has 1 aromatic heterocycles. The second-order valence-corrected chi connectivity index (χ2v) is 8.66. The Hall–Kier alpha value is -0.450. The van der Waals surface area contributed by atoms with Gasteiger partial charge in [0.1, 0.15) is 0 Å². The first-order chi connectivity index (χ1) is 9.73. The Labute approximate surface area is 133 Å². The number of aromatic nitrogens is 1. The monoisotopic (exact) mass is 310 g/mol. The third kappa shape index (κ3) is 4.05. The Balaban J connectivity index is 2.14. The van der Waals surface area contributed by atoms with Crippen LogP contribution in [-0.4, -0.2) is 30.3 Å². The Bertz CT molecular complexity index is 464. The molecule has 3 nitrogen and oxygen atoms in total.